The second-order valence-corrected chi connectivity index (χ2v) is 10.5. The number of aliphatic hydroxyl groups is 1. The van der Waals surface area contributed by atoms with E-state index in [0.717, 1.165) is 51.6 Å². The van der Waals surface area contributed by atoms with Crippen molar-refractivity contribution in [2.45, 2.75) is 71.4 Å². The molecule has 0 radical (unpaired) electrons. The van der Waals surface area contributed by atoms with Crippen LogP contribution in [0.3, 0.4) is 0 Å². The average Bonchev–Trinajstić information content (AvgIpc) is 3.30. The highest BCUT2D eigenvalue weighted by molar-refractivity contribution is 5.94. The van der Waals surface area contributed by atoms with E-state index in [1.54, 1.807) is 0 Å². The van der Waals surface area contributed by atoms with Crippen molar-refractivity contribution >= 4 is 11.8 Å². The van der Waals surface area contributed by atoms with Gasteiger partial charge in [0.15, 0.2) is 0 Å². The molecule has 0 bridgehead atoms. The van der Waals surface area contributed by atoms with Gasteiger partial charge in [0, 0.05) is 30.6 Å². The molecule has 1 aliphatic heterocycles. The number of amides is 2. The Hall–Kier alpha value is -1.88. The molecule has 2 amide bonds. The minimum atomic E-state index is -0.508. The molecule has 31 heavy (non-hydrogen) atoms. The van der Waals surface area contributed by atoms with Crippen molar-refractivity contribution in [3.05, 3.63) is 35.9 Å². The highest BCUT2D eigenvalue weighted by Gasteiger charge is 2.54. The number of nitrogens with zero attached hydrogens (tertiary/aromatic N) is 1. The number of likely N-dealkylation sites (tertiary alicyclic amines) is 1. The zero-order chi connectivity index (χ0) is 22.2. The van der Waals surface area contributed by atoms with Crippen molar-refractivity contribution in [3.63, 3.8) is 0 Å². The number of nitrogens with one attached hydrogen (secondary N) is 1. The zero-order valence-corrected chi connectivity index (χ0v) is 19.2. The van der Waals surface area contributed by atoms with E-state index in [9.17, 15) is 14.7 Å². The third-order valence-electron chi connectivity index (χ3n) is 8.69. The SMILES string of the molecule is C[C@@H]1[C@@H]2[C@@H](O)[C@H]([C@H](C)C(=O)N3CCCC3)CC[C@]2(C)CC[C@@H]1NC(=O)c1ccccc1. The molecule has 4 rings (SSSR count). The van der Waals surface area contributed by atoms with Gasteiger partial charge >= 0.3 is 0 Å². The third kappa shape index (κ3) is 4.26. The van der Waals surface area contributed by atoms with E-state index in [1.807, 2.05) is 42.2 Å². The molecule has 1 heterocycles. The molecule has 2 N–H and O–H groups in total. The van der Waals surface area contributed by atoms with Crippen LogP contribution in [0.1, 0.15) is 69.7 Å². The van der Waals surface area contributed by atoms with Crippen molar-refractivity contribution in [2.24, 2.45) is 29.1 Å². The van der Waals surface area contributed by atoms with Crippen molar-refractivity contribution in [1.82, 2.24) is 10.2 Å². The fraction of sp³-hybridized carbons (Fsp3) is 0.692. The number of rotatable bonds is 4. The minimum Gasteiger partial charge on any atom is -0.392 e. The molecule has 170 valence electrons. The summed E-state index contributed by atoms with van der Waals surface area (Å²) in [5.74, 6) is 0.276. The lowest BCUT2D eigenvalue weighted by Gasteiger charge is -2.56. The summed E-state index contributed by atoms with van der Waals surface area (Å²) in [6.45, 7) is 8.21. The second-order valence-electron chi connectivity index (χ2n) is 10.5. The van der Waals surface area contributed by atoms with Crippen LogP contribution < -0.4 is 5.32 Å². The van der Waals surface area contributed by atoms with Gasteiger partial charge < -0.3 is 15.3 Å². The van der Waals surface area contributed by atoms with Gasteiger partial charge in [0.1, 0.15) is 0 Å². The van der Waals surface area contributed by atoms with Gasteiger partial charge in [-0.3, -0.25) is 9.59 Å². The van der Waals surface area contributed by atoms with E-state index in [2.05, 4.69) is 19.2 Å². The standard InChI is InChI=1S/C26H38N2O3/c1-17(25(31)28-15-7-8-16-28)20-11-13-26(3)14-12-21(18(2)22(26)23(20)29)27-24(30)19-9-5-4-6-10-19/h4-6,9-10,17-18,20-23,29H,7-8,11-16H2,1-3H3,(H,27,30)/t17-,18-,20-,21-,22+,23-,26+/m0/s1. The maximum atomic E-state index is 13.0. The van der Waals surface area contributed by atoms with Crippen LogP contribution in [0.2, 0.25) is 0 Å². The van der Waals surface area contributed by atoms with Crippen LogP contribution in [0.5, 0.6) is 0 Å². The zero-order valence-electron chi connectivity index (χ0n) is 19.2. The van der Waals surface area contributed by atoms with Crippen molar-refractivity contribution in [3.8, 4) is 0 Å². The fourth-order valence-corrected chi connectivity index (χ4v) is 6.75. The van der Waals surface area contributed by atoms with Gasteiger partial charge in [-0.25, -0.2) is 0 Å². The molecule has 1 saturated heterocycles. The van der Waals surface area contributed by atoms with Crippen LogP contribution in [0.4, 0.5) is 0 Å². The summed E-state index contributed by atoms with van der Waals surface area (Å²) in [4.78, 5) is 27.8. The van der Waals surface area contributed by atoms with E-state index in [0.29, 0.717) is 5.56 Å². The van der Waals surface area contributed by atoms with Gasteiger partial charge in [-0.1, -0.05) is 39.0 Å². The lowest BCUT2D eigenvalue weighted by atomic mass is 9.51. The molecule has 7 atom stereocenters. The Labute approximate surface area is 186 Å². The molecule has 1 aromatic carbocycles. The smallest absolute Gasteiger partial charge is 0.251 e. The molecule has 0 spiro atoms. The number of carbonyl (C=O) groups excluding carboxylic acids is 2. The highest BCUT2D eigenvalue weighted by Crippen LogP contribution is 2.55. The second kappa shape index (κ2) is 8.93. The van der Waals surface area contributed by atoms with Crippen LogP contribution in [-0.2, 0) is 4.79 Å². The Morgan fingerprint density at radius 2 is 1.77 bits per heavy atom. The van der Waals surface area contributed by atoms with E-state index in [-0.39, 0.29) is 46.9 Å². The first-order valence-corrected chi connectivity index (χ1v) is 12.1. The lowest BCUT2D eigenvalue weighted by Crippen LogP contribution is -2.58. The van der Waals surface area contributed by atoms with Gasteiger partial charge in [0.05, 0.1) is 6.10 Å². The molecule has 5 nitrogen and oxygen atoms in total. The summed E-state index contributed by atoms with van der Waals surface area (Å²) in [6.07, 6.45) is 5.56. The number of hydrogen-bond acceptors (Lipinski definition) is 3. The number of aliphatic hydroxyl groups excluding tert-OH is 1. The van der Waals surface area contributed by atoms with Crippen molar-refractivity contribution < 1.29 is 14.7 Å². The molecule has 0 unspecified atom stereocenters. The summed E-state index contributed by atoms with van der Waals surface area (Å²) >= 11 is 0. The predicted molar refractivity (Wildman–Crippen MR) is 121 cm³/mol. The van der Waals surface area contributed by atoms with Crippen LogP contribution in [0, 0.1) is 29.1 Å². The van der Waals surface area contributed by atoms with Crippen LogP contribution in [0.25, 0.3) is 0 Å². The number of benzene rings is 1. The van der Waals surface area contributed by atoms with E-state index >= 15 is 0 Å². The Balaban J connectivity index is 1.48. The summed E-state index contributed by atoms with van der Waals surface area (Å²) in [7, 11) is 0. The van der Waals surface area contributed by atoms with E-state index in [4.69, 9.17) is 0 Å². The van der Waals surface area contributed by atoms with Crippen molar-refractivity contribution in [2.75, 3.05) is 13.1 Å². The minimum absolute atomic E-state index is 0.00259. The van der Waals surface area contributed by atoms with Gasteiger partial charge in [0.25, 0.3) is 5.91 Å². The van der Waals surface area contributed by atoms with Gasteiger partial charge in [-0.15, -0.1) is 0 Å². The normalized spacial score (nSPS) is 36.5. The Bertz CT molecular complexity index is 791. The Kier molecular flexibility index (Phi) is 6.43. The summed E-state index contributed by atoms with van der Waals surface area (Å²) in [5.41, 5.74) is 0.745. The summed E-state index contributed by atoms with van der Waals surface area (Å²) in [6, 6.07) is 9.39. The predicted octanol–water partition coefficient (Wildman–Crippen LogP) is 3.87. The lowest BCUT2D eigenvalue weighted by molar-refractivity contribution is -0.149. The first kappa shape index (κ1) is 22.3. The summed E-state index contributed by atoms with van der Waals surface area (Å²) in [5, 5.41) is 14.8. The van der Waals surface area contributed by atoms with E-state index in [1.165, 1.54) is 0 Å². The molecule has 3 fully saturated rings. The summed E-state index contributed by atoms with van der Waals surface area (Å²) < 4.78 is 0. The molecule has 0 aromatic heterocycles. The molecule has 2 aliphatic carbocycles. The maximum Gasteiger partial charge on any atom is 0.251 e. The first-order valence-electron chi connectivity index (χ1n) is 12.1. The highest BCUT2D eigenvalue weighted by atomic mass is 16.3. The Morgan fingerprint density at radius 1 is 1.13 bits per heavy atom. The molecule has 1 aromatic rings. The van der Waals surface area contributed by atoms with Crippen LogP contribution >= 0.6 is 0 Å². The molecular weight excluding hydrogens is 388 g/mol. The largest absolute Gasteiger partial charge is 0.392 e. The maximum absolute atomic E-state index is 13.0. The Morgan fingerprint density at radius 3 is 2.45 bits per heavy atom. The molecular formula is C26H38N2O3. The van der Waals surface area contributed by atoms with Gasteiger partial charge in [0.2, 0.25) is 5.91 Å². The van der Waals surface area contributed by atoms with Crippen molar-refractivity contribution in [1.29, 1.82) is 0 Å². The number of carbonyl (C=O) groups is 2. The monoisotopic (exact) mass is 426 g/mol. The number of hydrogen-bond donors (Lipinski definition) is 2. The third-order valence-corrected chi connectivity index (χ3v) is 8.69. The van der Waals surface area contributed by atoms with E-state index < -0.39 is 6.10 Å². The fourth-order valence-electron chi connectivity index (χ4n) is 6.75. The van der Waals surface area contributed by atoms with Gasteiger partial charge in [-0.05, 0) is 73.8 Å². The van der Waals surface area contributed by atoms with Crippen LogP contribution in [-0.4, -0.2) is 47.1 Å². The average molecular weight is 427 g/mol. The topological polar surface area (TPSA) is 69.6 Å². The molecule has 5 heteroatoms. The van der Waals surface area contributed by atoms with Gasteiger partial charge in [-0.2, -0.15) is 0 Å². The number of fused-ring (bicyclic) bond motifs is 1. The van der Waals surface area contributed by atoms with Crippen LogP contribution in [0.15, 0.2) is 30.3 Å². The first-order chi connectivity index (χ1) is 14.8. The molecule has 2 saturated carbocycles. The quantitative estimate of drug-likeness (QED) is 0.768. The molecule has 3 aliphatic rings.